The fourth-order valence-corrected chi connectivity index (χ4v) is 10.6. The molecule has 5 heterocycles. The van der Waals surface area contributed by atoms with Gasteiger partial charge in [0.1, 0.15) is 59.0 Å². The Morgan fingerprint density at radius 1 is 0.848 bits per heavy atom. The molecule has 79 heavy (non-hydrogen) atoms. The molecular formula is C59H67Cl2FN10O7. The number of carbonyl (C=O) groups is 4. The van der Waals surface area contributed by atoms with Crippen LogP contribution >= 0.6 is 23.2 Å². The number of halogens is 3. The summed E-state index contributed by atoms with van der Waals surface area (Å²) in [6.07, 6.45) is 8.09. The maximum absolute atomic E-state index is 15.1. The van der Waals surface area contributed by atoms with Crippen LogP contribution in [-0.2, 0) is 9.59 Å². The lowest BCUT2D eigenvalue weighted by Crippen LogP contribution is -2.56. The summed E-state index contributed by atoms with van der Waals surface area (Å²) < 4.78 is 34.2. The number of unbranched alkanes of at least 4 members (excludes halogenated alkanes) is 5. The summed E-state index contributed by atoms with van der Waals surface area (Å²) >= 11 is 12.7. The first-order valence-electron chi connectivity index (χ1n) is 27.1. The van der Waals surface area contributed by atoms with Crippen LogP contribution in [0.5, 0.6) is 17.2 Å². The number of anilines is 1. The predicted octanol–water partition coefficient (Wildman–Crippen LogP) is 10.7. The largest absolute Gasteiger partial charge is 0.497 e. The summed E-state index contributed by atoms with van der Waals surface area (Å²) in [5.74, 6) is 1.57. The summed E-state index contributed by atoms with van der Waals surface area (Å²) in [4.78, 5) is 72.8. The molecule has 416 valence electrons. The van der Waals surface area contributed by atoms with Gasteiger partial charge < -0.3 is 39.5 Å². The molecule has 2 N–H and O–H groups in total. The molecule has 1 fully saturated rings. The van der Waals surface area contributed by atoms with Gasteiger partial charge in [-0.05, 0) is 112 Å². The minimum Gasteiger partial charge on any atom is -0.497 e. The molecule has 20 heteroatoms. The number of hydrogen-bond acceptors (Lipinski definition) is 11. The van der Waals surface area contributed by atoms with Gasteiger partial charge in [0, 0.05) is 67.0 Å². The number of urea groups is 1. The number of hydrogen-bond donors (Lipinski definition) is 2. The van der Waals surface area contributed by atoms with E-state index in [1.165, 1.54) is 22.8 Å². The standard InChI is InChI=1S/C59H67Cl2FN10O7/c1-37(2)78-50-33-45(77-5)22-23-46(50)57-67-54(40-13-17-42(60)18-14-40)55(41-15-19-43(61)20-16-41)72(57)59(76)70-31-30-68(53(74)36-70)27-11-9-7-6-8-10-12-52(73)63-26-29-69-35-38(3)79-49-24-21-44(62)32-47(49)39(4)65-51-25-28-71-56(66-51)48(34-64-71)58(69)75/h13-25,28,32-34,37-39,54-55H,6-12,26-27,29-31,35-36H2,1-5H3,(H,63,73)(H,65,66)/t38-,39+,54+,55-/m0/s1. The number of rotatable bonds is 18. The lowest BCUT2D eigenvalue weighted by Gasteiger charge is -2.38. The van der Waals surface area contributed by atoms with Gasteiger partial charge in [-0.25, -0.2) is 18.7 Å². The Morgan fingerprint density at radius 3 is 2.29 bits per heavy atom. The van der Waals surface area contributed by atoms with E-state index in [1.807, 2.05) is 81.1 Å². The average molecular weight is 1120 g/mol. The van der Waals surface area contributed by atoms with Crippen LogP contribution in [0.4, 0.5) is 15.0 Å². The van der Waals surface area contributed by atoms with Gasteiger partial charge in [-0.15, -0.1) is 0 Å². The van der Waals surface area contributed by atoms with E-state index in [1.54, 1.807) is 58.3 Å². The maximum atomic E-state index is 15.1. The van der Waals surface area contributed by atoms with E-state index in [0.29, 0.717) is 93.8 Å². The number of piperazine rings is 1. The molecule has 0 saturated carbocycles. The zero-order chi connectivity index (χ0) is 55.7. The topological polar surface area (TPSA) is 176 Å². The number of methoxy groups -OCH3 is 1. The normalized spacial score (nSPS) is 18.6. The smallest absolute Gasteiger partial charge is 0.326 e. The summed E-state index contributed by atoms with van der Waals surface area (Å²) in [7, 11) is 1.59. The van der Waals surface area contributed by atoms with Crippen molar-refractivity contribution in [1.82, 2.24) is 39.5 Å². The maximum Gasteiger partial charge on any atom is 0.326 e. The molecule has 3 aliphatic heterocycles. The number of amidine groups is 1. The minimum absolute atomic E-state index is 0.0840. The van der Waals surface area contributed by atoms with E-state index in [2.05, 4.69) is 20.7 Å². The Morgan fingerprint density at radius 2 is 1.57 bits per heavy atom. The highest BCUT2D eigenvalue weighted by Gasteiger charge is 2.46. The number of benzene rings is 4. The first-order chi connectivity index (χ1) is 38.1. The Balaban J connectivity index is 0.753. The molecule has 0 aliphatic carbocycles. The third kappa shape index (κ3) is 13.5. The molecule has 3 aliphatic rings. The highest BCUT2D eigenvalue weighted by atomic mass is 35.5. The van der Waals surface area contributed by atoms with E-state index < -0.39 is 24.0 Å². The van der Waals surface area contributed by atoms with E-state index in [9.17, 15) is 18.8 Å². The number of nitrogens with one attached hydrogen (secondary N) is 2. The number of amides is 5. The lowest BCUT2D eigenvalue weighted by atomic mass is 9.93. The highest BCUT2D eigenvalue weighted by molar-refractivity contribution is 6.30. The van der Waals surface area contributed by atoms with Gasteiger partial charge in [0.05, 0.1) is 43.6 Å². The molecule has 5 amide bonds. The van der Waals surface area contributed by atoms with Crippen molar-refractivity contribution in [3.05, 3.63) is 147 Å². The number of ether oxygens (including phenoxy) is 3. The summed E-state index contributed by atoms with van der Waals surface area (Å²) in [6, 6.07) is 24.6. The minimum atomic E-state index is -0.603. The second kappa shape index (κ2) is 25.6. The van der Waals surface area contributed by atoms with Crippen molar-refractivity contribution in [2.45, 2.75) is 103 Å². The molecule has 1 saturated heterocycles. The van der Waals surface area contributed by atoms with Crippen molar-refractivity contribution in [2.75, 3.05) is 58.2 Å². The van der Waals surface area contributed by atoms with Gasteiger partial charge in [-0.3, -0.25) is 24.3 Å². The van der Waals surface area contributed by atoms with Gasteiger partial charge >= 0.3 is 6.03 Å². The van der Waals surface area contributed by atoms with Crippen molar-refractivity contribution in [1.29, 1.82) is 0 Å². The second-order valence-corrected chi connectivity index (χ2v) is 21.4. The number of aliphatic imine (C=N–C) groups is 1. The number of nitrogens with zero attached hydrogens (tertiary/aromatic N) is 8. The third-order valence-corrected chi connectivity index (χ3v) is 14.9. The van der Waals surface area contributed by atoms with Gasteiger partial charge in [-0.2, -0.15) is 5.10 Å². The number of fused-ring (bicyclic) bond motifs is 2. The van der Waals surface area contributed by atoms with Crippen LogP contribution in [0.1, 0.15) is 123 Å². The molecule has 0 spiro atoms. The molecule has 4 aromatic carbocycles. The van der Waals surface area contributed by atoms with Crippen LogP contribution in [0.25, 0.3) is 5.65 Å². The van der Waals surface area contributed by atoms with E-state index >= 15 is 4.79 Å². The van der Waals surface area contributed by atoms with Crippen molar-refractivity contribution in [3.63, 3.8) is 0 Å². The second-order valence-electron chi connectivity index (χ2n) is 20.5. The zero-order valence-electron chi connectivity index (χ0n) is 45.2. The average Bonchev–Trinajstić information content (AvgIpc) is 4.29. The van der Waals surface area contributed by atoms with Crippen molar-refractivity contribution >= 4 is 64.3 Å². The van der Waals surface area contributed by atoms with Gasteiger partial charge in [0.2, 0.25) is 11.8 Å². The molecule has 2 bridgehead atoms. The van der Waals surface area contributed by atoms with Crippen molar-refractivity contribution < 1.29 is 37.8 Å². The molecular weight excluding hydrogens is 1050 g/mol. The quantitative estimate of drug-likeness (QED) is 0.0788. The molecule has 4 atom stereocenters. The Bertz CT molecular complexity index is 3180. The molecule has 0 unspecified atom stereocenters. The Kier molecular flexibility index (Phi) is 18.2. The Hall–Kier alpha value is -7.44. The Labute approximate surface area is 470 Å². The van der Waals surface area contributed by atoms with Gasteiger partial charge in [0.25, 0.3) is 5.91 Å². The molecule has 17 nitrogen and oxygen atoms in total. The summed E-state index contributed by atoms with van der Waals surface area (Å²) in [5.41, 5.74) is 3.58. The fraction of sp³-hybridized carbons (Fsp3) is 0.407. The lowest BCUT2D eigenvalue weighted by molar-refractivity contribution is -0.135. The van der Waals surface area contributed by atoms with Gasteiger partial charge in [-0.1, -0.05) is 73.2 Å². The first kappa shape index (κ1) is 56.3. The zero-order valence-corrected chi connectivity index (χ0v) is 46.7. The summed E-state index contributed by atoms with van der Waals surface area (Å²) in [5, 5.41) is 11.8. The van der Waals surface area contributed by atoms with Crippen LogP contribution in [0, 0.1) is 5.82 Å². The third-order valence-electron chi connectivity index (χ3n) is 14.4. The van der Waals surface area contributed by atoms with Crippen LogP contribution in [0.2, 0.25) is 10.0 Å². The van der Waals surface area contributed by atoms with Crippen LogP contribution in [0.15, 0.2) is 108 Å². The number of aromatic nitrogens is 3. The van der Waals surface area contributed by atoms with E-state index in [-0.39, 0.29) is 62.1 Å². The molecule has 6 aromatic rings. The van der Waals surface area contributed by atoms with Crippen LogP contribution in [-0.4, -0.2) is 129 Å². The number of carbonyl (C=O) groups excluding carboxylic acids is 4. The molecule has 9 rings (SSSR count). The molecule has 0 radical (unpaired) electrons. The van der Waals surface area contributed by atoms with E-state index in [0.717, 1.165) is 43.2 Å². The highest BCUT2D eigenvalue weighted by Crippen LogP contribution is 2.46. The molecule has 2 aromatic heterocycles. The first-order valence-corrected chi connectivity index (χ1v) is 27.8. The van der Waals surface area contributed by atoms with Gasteiger partial charge in [0.15, 0.2) is 5.65 Å². The van der Waals surface area contributed by atoms with Crippen molar-refractivity contribution in [2.24, 2.45) is 4.99 Å². The monoisotopic (exact) mass is 1120 g/mol. The summed E-state index contributed by atoms with van der Waals surface area (Å²) in [6.45, 7) is 9.48. The fourth-order valence-electron chi connectivity index (χ4n) is 10.4. The predicted molar refractivity (Wildman–Crippen MR) is 302 cm³/mol. The van der Waals surface area contributed by atoms with Crippen LogP contribution in [0.3, 0.4) is 0 Å². The SMILES string of the molecule is COc1ccc(C2=N[C@H](c3ccc(Cl)cc3)[C@H](c3ccc(Cl)cc3)N2C(=O)N2CCN(CCCCCCCCC(=O)NCCN3C[C@H](C)Oc4ccc(F)cc4[C@@H](C)Nc4ccn5ncc(c5n4)C3=O)C(=O)C2)c(OC(C)C)c1. The van der Waals surface area contributed by atoms with Crippen LogP contribution < -0.4 is 24.8 Å². The van der Waals surface area contributed by atoms with Crippen molar-refractivity contribution in [3.8, 4) is 17.2 Å². The van der Waals surface area contributed by atoms with E-state index in [4.69, 9.17) is 42.4 Å².